The molecule has 64 valence electrons. The van der Waals surface area contributed by atoms with Gasteiger partial charge in [-0.1, -0.05) is 0 Å². The van der Waals surface area contributed by atoms with Gasteiger partial charge in [-0.25, -0.2) is 9.18 Å². The second-order valence-corrected chi connectivity index (χ2v) is 2.49. The van der Waals surface area contributed by atoms with Gasteiger partial charge in [-0.2, -0.15) is 0 Å². The SMILES string of the molecule is Cc1cc(N)c(C(=O)O)cc1F. The third-order valence-corrected chi connectivity index (χ3v) is 1.56. The third-order valence-electron chi connectivity index (χ3n) is 1.56. The molecular weight excluding hydrogens is 161 g/mol. The van der Waals surface area contributed by atoms with E-state index in [0.29, 0.717) is 5.56 Å². The van der Waals surface area contributed by atoms with Gasteiger partial charge in [0, 0.05) is 5.69 Å². The topological polar surface area (TPSA) is 63.3 Å². The summed E-state index contributed by atoms with van der Waals surface area (Å²) in [5, 5.41) is 8.53. The molecule has 0 aromatic heterocycles. The van der Waals surface area contributed by atoms with Crippen LogP contribution in [-0.4, -0.2) is 11.1 Å². The molecule has 0 saturated carbocycles. The van der Waals surface area contributed by atoms with E-state index >= 15 is 0 Å². The lowest BCUT2D eigenvalue weighted by Crippen LogP contribution is -2.03. The molecule has 0 fully saturated rings. The molecule has 0 atom stereocenters. The summed E-state index contributed by atoms with van der Waals surface area (Å²) in [5.41, 5.74) is 5.58. The van der Waals surface area contributed by atoms with E-state index in [4.69, 9.17) is 10.8 Å². The zero-order chi connectivity index (χ0) is 9.30. The van der Waals surface area contributed by atoms with E-state index in [1.54, 1.807) is 0 Å². The van der Waals surface area contributed by atoms with Crippen LogP contribution in [0.1, 0.15) is 15.9 Å². The van der Waals surface area contributed by atoms with E-state index in [-0.39, 0.29) is 11.3 Å². The average Bonchev–Trinajstić information content (AvgIpc) is 1.96. The van der Waals surface area contributed by atoms with E-state index in [0.717, 1.165) is 6.07 Å². The van der Waals surface area contributed by atoms with Gasteiger partial charge in [-0.05, 0) is 24.6 Å². The molecule has 1 aromatic rings. The second kappa shape index (κ2) is 2.81. The number of anilines is 1. The molecule has 1 aromatic carbocycles. The highest BCUT2D eigenvalue weighted by molar-refractivity contribution is 5.93. The maximum absolute atomic E-state index is 12.8. The standard InChI is InChI=1S/C8H8FNO2/c1-4-2-7(10)5(8(11)12)3-6(4)9/h2-3H,10H2,1H3,(H,11,12). The van der Waals surface area contributed by atoms with Gasteiger partial charge in [0.15, 0.2) is 0 Å². The number of nitrogen functional groups attached to an aromatic ring is 1. The van der Waals surface area contributed by atoms with Gasteiger partial charge in [0.2, 0.25) is 0 Å². The van der Waals surface area contributed by atoms with Crippen molar-refractivity contribution in [2.24, 2.45) is 0 Å². The predicted octanol–water partition coefficient (Wildman–Crippen LogP) is 1.41. The first kappa shape index (κ1) is 8.52. The quantitative estimate of drug-likeness (QED) is 0.625. The van der Waals surface area contributed by atoms with E-state index in [9.17, 15) is 9.18 Å². The van der Waals surface area contributed by atoms with Gasteiger partial charge in [0.25, 0.3) is 0 Å². The van der Waals surface area contributed by atoms with E-state index in [1.807, 2.05) is 0 Å². The molecule has 0 amide bonds. The maximum atomic E-state index is 12.8. The van der Waals surface area contributed by atoms with Crippen LogP contribution < -0.4 is 5.73 Å². The molecule has 3 nitrogen and oxygen atoms in total. The minimum atomic E-state index is -1.22. The van der Waals surface area contributed by atoms with Gasteiger partial charge in [0.1, 0.15) is 5.82 Å². The van der Waals surface area contributed by atoms with Crippen LogP contribution in [0.3, 0.4) is 0 Å². The van der Waals surface area contributed by atoms with E-state index in [1.165, 1.54) is 13.0 Å². The number of benzene rings is 1. The molecule has 3 N–H and O–H groups in total. The first-order valence-electron chi connectivity index (χ1n) is 3.31. The molecule has 0 heterocycles. The Labute approximate surface area is 68.6 Å². The highest BCUT2D eigenvalue weighted by Gasteiger charge is 2.10. The van der Waals surface area contributed by atoms with Crippen LogP contribution >= 0.6 is 0 Å². The lowest BCUT2D eigenvalue weighted by molar-refractivity contribution is 0.0697. The Hall–Kier alpha value is -1.58. The number of nitrogens with two attached hydrogens (primary N) is 1. The van der Waals surface area contributed by atoms with Gasteiger partial charge in [-0.3, -0.25) is 0 Å². The molecule has 0 aliphatic carbocycles. The number of halogens is 1. The summed E-state index contributed by atoms with van der Waals surface area (Å²) < 4.78 is 12.8. The van der Waals surface area contributed by atoms with Gasteiger partial charge in [0.05, 0.1) is 5.56 Å². The van der Waals surface area contributed by atoms with Gasteiger partial charge >= 0.3 is 5.97 Å². The van der Waals surface area contributed by atoms with Crippen LogP contribution in [0.15, 0.2) is 12.1 Å². The minimum Gasteiger partial charge on any atom is -0.478 e. The van der Waals surface area contributed by atoms with Crippen LogP contribution in [0, 0.1) is 12.7 Å². The zero-order valence-electron chi connectivity index (χ0n) is 6.47. The molecule has 0 radical (unpaired) electrons. The number of rotatable bonds is 1. The Kier molecular flexibility index (Phi) is 1.99. The van der Waals surface area contributed by atoms with Crippen LogP contribution in [0.4, 0.5) is 10.1 Å². The summed E-state index contributed by atoms with van der Waals surface area (Å²) in [5.74, 6) is -1.77. The largest absolute Gasteiger partial charge is 0.478 e. The summed E-state index contributed by atoms with van der Waals surface area (Å²) in [6.07, 6.45) is 0. The molecule has 12 heavy (non-hydrogen) atoms. The predicted molar refractivity (Wildman–Crippen MR) is 42.5 cm³/mol. The first-order valence-corrected chi connectivity index (χ1v) is 3.31. The third kappa shape index (κ3) is 1.37. The Bertz CT molecular complexity index is 336. The summed E-state index contributed by atoms with van der Waals surface area (Å²) >= 11 is 0. The molecule has 0 saturated heterocycles. The Morgan fingerprint density at radius 2 is 2.17 bits per heavy atom. The number of carboxylic acid groups (broad SMARTS) is 1. The van der Waals surface area contributed by atoms with E-state index in [2.05, 4.69) is 0 Å². The van der Waals surface area contributed by atoms with Crippen molar-refractivity contribution < 1.29 is 14.3 Å². The smallest absolute Gasteiger partial charge is 0.337 e. The Morgan fingerprint density at radius 1 is 1.58 bits per heavy atom. The van der Waals surface area contributed by atoms with Crippen molar-refractivity contribution in [2.45, 2.75) is 6.92 Å². The van der Waals surface area contributed by atoms with Crippen molar-refractivity contribution in [2.75, 3.05) is 5.73 Å². The monoisotopic (exact) mass is 169 g/mol. The molecule has 0 aliphatic rings. The second-order valence-electron chi connectivity index (χ2n) is 2.49. The van der Waals surface area contributed by atoms with Crippen LogP contribution in [0.5, 0.6) is 0 Å². The summed E-state index contributed by atoms with van der Waals surface area (Å²) in [7, 11) is 0. The highest BCUT2D eigenvalue weighted by Crippen LogP contribution is 2.16. The van der Waals surface area contributed by atoms with Gasteiger partial charge < -0.3 is 10.8 Å². The maximum Gasteiger partial charge on any atom is 0.337 e. The number of aryl methyl sites for hydroxylation is 1. The normalized spacial score (nSPS) is 9.83. The molecule has 1 rings (SSSR count). The fraction of sp³-hybridized carbons (Fsp3) is 0.125. The van der Waals surface area contributed by atoms with Crippen LogP contribution in [0.2, 0.25) is 0 Å². The lowest BCUT2D eigenvalue weighted by Gasteiger charge is -2.02. The van der Waals surface area contributed by atoms with Crippen LogP contribution in [0.25, 0.3) is 0 Å². The number of carbonyl (C=O) groups is 1. The van der Waals surface area contributed by atoms with Crippen molar-refractivity contribution in [3.8, 4) is 0 Å². The summed E-state index contributed by atoms with van der Waals surface area (Å²) in [4.78, 5) is 10.4. The van der Waals surface area contributed by atoms with E-state index < -0.39 is 11.8 Å². The van der Waals surface area contributed by atoms with Crippen molar-refractivity contribution in [3.63, 3.8) is 0 Å². The van der Waals surface area contributed by atoms with Gasteiger partial charge in [-0.15, -0.1) is 0 Å². The average molecular weight is 169 g/mol. The highest BCUT2D eigenvalue weighted by atomic mass is 19.1. The fourth-order valence-electron chi connectivity index (χ4n) is 0.889. The van der Waals surface area contributed by atoms with Crippen molar-refractivity contribution in [1.82, 2.24) is 0 Å². The molecule has 0 unspecified atom stereocenters. The summed E-state index contributed by atoms with van der Waals surface area (Å²) in [6, 6.07) is 2.23. The first-order chi connectivity index (χ1) is 5.52. The molecule has 0 aliphatic heterocycles. The molecular formula is C8H8FNO2. The van der Waals surface area contributed by atoms with Crippen molar-refractivity contribution in [3.05, 3.63) is 29.1 Å². The summed E-state index contributed by atoms with van der Waals surface area (Å²) in [6.45, 7) is 1.53. The Balaban J connectivity index is 3.33. The number of hydrogen-bond donors (Lipinski definition) is 2. The molecule has 0 bridgehead atoms. The number of carboxylic acids is 1. The van der Waals surface area contributed by atoms with Crippen molar-refractivity contribution in [1.29, 1.82) is 0 Å². The van der Waals surface area contributed by atoms with Crippen LogP contribution in [-0.2, 0) is 0 Å². The minimum absolute atomic E-state index is 0.0846. The number of hydrogen-bond acceptors (Lipinski definition) is 2. The lowest BCUT2D eigenvalue weighted by atomic mass is 10.1. The Morgan fingerprint density at radius 3 is 2.67 bits per heavy atom. The van der Waals surface area contributed by atoms with Crippen molar-refractivity contribution >= 4 is 11.7 Å². The molecule has 4 heteroatoms. The zero-order valence-corrected chi connectivity index (χ0v) is 6.47. The number of aromatic carboxylic acids is 1. The fourth-order valence-corrected chi connectivity index (χ4v) is 0.889. The molecule has 0 spiro atoms.